The first-order chi connectivity index (χ1) is 7.36. The molecule has 0 aliphatic heterocycles. The number of hydrogen-bond acceptors (Lipinski definition) is 2. The molecular weight excluding hydrogens is 202 g/mol. The van der Waals surface area contributed by atoms with Crippen LogP contribution in [-0.2, 0) is 0 Å². The molecule has 1 nitrogen and oxygen atoms in total. The van der Waals surface area contributed by atoms with E-state index in [1.165, 1.54) is 15.6 Å². The zero-order valence-electron chi connectivity index (χ0n) is 8.66. The van der Waals surface area contributed by atoms with E-state index in [2.05, 4.69) is 47.8 Å². The molecule has 0 spiro atoms. The lowest BCUT2D eigenvalue weighted by Crippen LogP contribution is -2.18. The van der Waals surface area contributed by atoms with Crippen LogP contribution in [-0.4, -0.2) is 6.54 Å². The minimum absolute atomic E-state index is 0.0335. The maximum Gasteiger partial charge on any atom is 0.0957 e. The van der Waals surface area contributed by atoms with Gasteiger partial charge in [-0.2, -0.15) is 0 Å². The quantitative estimate of drug-likeness (QED) is 0.775. The molecule has 76 valence electrons. The van der Waals surface area contributed by atoms with Crippen molar-refractivity contribution < 1.29 is 0 Å². The fourth-order valence-electron chi connectivity index (χ4n) is 1.68. The molecule has 0 amide bonds. The Morgan fingerprint density at radius 2 is 2.27 bits per heavy atom. The Bertz CT molecular complexity index is 492. The van der Waals surface area contributed by atoms with Crippen LogP contribution in [0.15, 0.2) is 29.6 Å². The third-order valence-electron chi connectivity index (χ3n) is 2.40. The molecule has 0 saturated carbocycles. The lowest BCUT2D eigenvalue weighted by molar-refractivity contribution is 0.670. The van der Waals surface area contributed by atoms with Gasteiger partial charge in [0.25, 0.3) is 0 Å². The molecule has 0 radical (unpaired) electrons. The van der Waals surface area contributed by atoms with E-state index in [1.807, 2.05) is 0 Å². The van der Waals surface area contributed by atoms with Crippen molar-refractivity contribution in [2.45, 2.75) is 13.0 Å². The monoisotopic (exact) mass is 215 g/mol. The number of rotatable bonds is 3. The van der Waals surface area contributed by atoms with Crippen molar-refractivity contribution in [1.29, 1.82) is 0 Å². The smallest absolute Gasteiger partial charge is 0.0957 e. The van der Waals surface area contributed by atoms with E-state index in [4.69, 9.17) is 6.42 Å². The van der Waals surface area contributed by atoms with Crippen molar-refractivity contribution in [3.8, 4) is 12.3 Å². The van der Waals surface area contributed by atoms with Crippen LogP contribution in [0.25, 0.3) is 10.1 Å². The number of nitrogens with one attached hydrogen (secondary N) is 1. The lowest BCUT2D eigenvalue weighted by Gasteiger charge is -2.10. The predicted molar refractivity (Wildman–Crippen MR) is 67.1 cm³/mol. The average molecular weight is 215 g/mol. The minimum atomic E-state index is 0.0335. The number of fused-ring (bicyclic) bond motifs is 1. The maximum atomic E-state index is 5.53. The van der Waals surface area contributed by atoms with E-state index in [-0.39, 0.29) is 6.04 Å². The summed E-state index contributed by atoms with van der Waals surface area (Å²) in [6.45, 7) is 2.96. The van der Waals surface area contributed by atoms with Crippen molar-refractivity contribution in [1.82, 2.24) is 5.32 Å². The first-order valence-electron chi connectivity index (χ1n) is 5.02. The van der Waals surface area contributed by atoms with Crippen LogP contribution in [0.3, 0.4) is 0 Å². The summed E-state index contributed by atoms with van der Waals surface area (Å²) in [6, 6.07) is 8.40. The van der Waals surface area contributed by atoms with E-state index in [0.717, 1.165) is 6.54 Å². The van der Waals surface area contributed by atoms with Crippen LogP contribution < -0.4 is 5.32 Å². The molecule has 1 atom stereocenters. The van der Waals surface area contributed by atoms with Gasteiger partial charge in [0.15, 0.2) is 0 Å². The maximum absolute atomic E-state index is 5.53. The van der Waals surface area contributed by atoms with Crippen LogP contribution >= 0.6 is 11.3 Å². The van der Waals surface area contributed by atoms with E-state index in [9.17, 15) is 0 Å². The highest BCUT2D eigenvalue weighted by molar-refractivity contribution is 7.17. The van der Waals surface area contributed by atoms with Gasteiger partial charge in [-0.1, -0.05) is 31.0 Å². The highest BCUT2D eigenvalue weighted by atomic mass is 32.1. The van der Waals surface area contributed by atoms with Gasteiger partial charge in [-0.3, -0.25) is 0 Å². The molecule has 1 aromatic carbocycles. The molecule has 0 aliphatic carbocycles. The van der Waals surface area contributed by atoms with Crippen LogP contribution in [0.5, 0.6) is 0 Å². The second-order valence-corrected chi connectivity index (χ2v) is 4.26. The molecule has 1 unspecified atom stereocenters. The summed E-state index contributed by atoms with van der Waals surface area (Å²) >= 11 is 1.75. The molecule has 0 saturated heterocycles. The second kappa shape index (κ2) is 4.48. The fourth-order valence-corrected chi connectivity index (χ4v) is 2.67. The van der Waals surface area contributed by atoms with Crippen molar-refractivity contribution >= 4 is 21.4 Å². The van der Waals surface area contributed by atoms with Crippen LogP contribution in [0.2, 0.25) is 0 Å². The highest BCUT2D eigenvalue weighted by Crippen LogP contribution is 2.29. The van der Waals surface area contributed by atoms with Gasteiger partial charge in [0.2, 0.25) is 0 Å². The number of hydrogen-bond donors (Lipinski definition) is 1. The van der Waals surface area contributed by atoms with Crippen molar-refractivity contribution in [3.05, 3.63) is 35.2 Å². The summed E-state index contributed by atoms with van der Waals surface area (Å²) in [5, 5.41) is 6.72. The molecule has 2 rings (SSSR count). The Balaban J connectivity index is 2.47. The van der Waals surface area contributed by atoms with Crippen molar-refractivity contribution in [2.24, 2.45) is 0 Å². The zero-order chi connectivity index (χ0) is 10.7. The average Bonchev–Trinajstić information content (AvgIpc) is 2.70. The standard InChI is InChI=1S/C13H13NS/c1-3-12(14-4-2)11-9-15-13-8-6-5-7-10(11)13/h1,5-9,12,14H,4H2,2H3. The Kier molecular flexibility index (Phi) is 3.05. The summed E-state index contributed by atoms with van der Waals surface area (Å²) < 4.78 is 1.30. The van der Waals surface area contributed by atoms with Gasteiger partial charge in [0, 0.05) is 4.70 Å². The first kappa shape index (κ1) is 10.2. The first-order valence-corrected chi connectivity index (χ1v) is 5.90. The van der Waals surface area contributed by atoms with Crippen LogP contribution in [0.1, 0.15) is 18.5 Å². The molecule has 1 heterocycles. The van der Waals surface area contributed by atoms with E-state index in [1.54, 1.807) is 11.3 Å². The number of terminal acetylenes is 1. The normalized spacial score (nSPS) is 12.5. The molecule has 2 aromatic rings. The molecular formula is C13H13NS. The SMILES string of the molecule is C#CC(NCC)c1csc2ccccc12. The van der Waals surface area contributed by atoms with E-state index >= 15 is 0 Å². The van der Waals surface area contributed by atoms with Gasteiger partial charge in [-0.05, 0) is 28.9 Å². The highest BCUT2D eigenvalue weighted by Gasteiger charge is 2.11. The number of benzene rings is 1. The van der Waals surface area contributed by atoms with Gasteiger partial charge in [-0.15, -0.1) is 17.8 Å². The van der Waals surface area contributed by atoms with Crippen LogP contribution in [0, 0.1) is 12.3 Å². The minimum Gasteiger partial charge on any atom is -0.300 e. The Hall–Kier alpha value is -1.30. The Morgan fingerprint density at radius 3 is 3.00 bits per heavy atom. The zero-order valence-corrected chi connectivity index (χ0v) is 9.47. The molecule has 0 aliphatic rings. The van der Waals surface area contributed by atoms with Gasteiger partial charge in [-0.25, -0.2) is 0 Å². The Morgan fingerprint density at radius 1 is 1.47 bits per heavy atom. The van der Waals surface area contributed by atoms with Gasteiger partial charge in [0.05, 0.1) is 6.04 Å². The third kappa shape index (κ3) is 1.90. The van der Waals surface area contributed by atoms with Crippen LogP contribution in [0.4, 0.5) is 0 Å². The summed E-state index contributed by atoms with van der Waals surface area (Å²) in [7, 11) is 0. The summed E-state index contributed by atoms with van der Waals surface area (Å²) in [5.74, 6) is 2.79. The molecule has 0 fully saturated rings. The second-order valence-electron chi connectivity index (χ2n) is 3.34. The summed E-state index contributed by atoms with van der Waals surface area (Å²) in [5.41, 5.74) is 1.22. The van der Waals surface area contributed by atoms with Gasteiger partial charge in [0.1, 0.15) is 0 Å². The largest absolute Gasteiger partial charge is 0.300 e. The third-order valence-corrected chi connectivity index (χ3v) is 3.38. The topological polar surface area (TPSA) is 12.0 Å². The molecule has 1 N–H and O–H groups in total. The van der Waals surface area contributed by atoms with E-state index in [0.29, 0.717) is 0 Å². The molecule has 2 heteroatoms. The summed E-state index contributed by atoms with van der Waals surface area (Å²) in [6.07, 6.45) is 5.53. The van der Waals surface area contributed by atoms with E-state index < -0.39 is 0 Å². The predicted octanol–water partition coefficient (Wildman–Crippen LogP) is 3.19. The Labute approximate surface area is 94.1 Å². The van der Waals surface area contributed by atoms with Crippen molar-refractivity contribution in [3.63, 3.8) is 0 Å². The molecule has 15 heavy (non-hydrogen) atoms. The van der Waals surface area contributed by atoms with Gasteiger partial charge >= 0.3 is 0 Å². The van der Waals surface area contributed by atoms with Gasteiger partial charge < -0.3 is 5.32 Å². The lowest BCUT2D eigenvalue weighted by atomic mass is 10.1. The van der Waals surface area contributed by atoms with Crippen molar-refractivity contribution in [2.75, 3.05) is 6.54 Å². The molecule has 0 bridgehead atoms. The fraction of sp³-hybridized carbons (Fsp3) is 0.231. The number of thiophene rings is 1. The summed E-state index contributed by atoms with van der Waals surface area (Å²) in [4.78, 5) is 0. The molecule has 1 aromatic heterocycles.